The van der Waals surface area contributed by atoms with Crippen LogP contribution < -0.4 is 0 Å². The first-order chi connectivity index (χ1) is 39.8. The van der Waals surface area contributed by atoms with Crippen molar-refractivity contribution in [3.8, 4) is 0 Å². The number of ether oxygens (including phenoxy) is 4. The number of epoxide rings is 1. The summed E-state index contributed by atoms with van der Waals surface area (Å²) in [5.41, 5.74) is 0.992. The predicted octanol–water partition coefficient (Wildman–Crippen LogP) is 19.5. The van der Waals surface area contributed by atoms with Crippen LogP contribution in [0.25, 0.3) is 0 Å². The first kappa shape index (κ1) is 82.2. The van der Waals surface area contributed by atoms with E-state index in [1.54, 1.807) is 13.8 Å². The highest BCUT2D eigenvalue weighted by molar-refractivity contribution is 8.20. The van der Waals surface area contributed by atoms with E-state index in [1.165, 1.54) is 173 Å². The molecule has 7 aliphatic heterocycles. The Morgan fingerprint density at radius 2 is 0.976 bits per heavy atom. The molecule has 0 aromatic carbocycles. The summed E-state index contributed by atoms with van der Waals surface area (Å²) in [5, 5.41) is 18.8. The molecule has 2 N–H and O–H groups in total. The molecule has 0 amide bonds. The molecule has 3 saturated carbocycles. The molecular weight excluding hydrogens is 1260 g/mol. The van der Waals surface area contributed by atoms with Gasteiger partial charge in [0.2, 0.25) is 0 Å². The molecule has 10 aliphatic rings. The number of esters is 2. The number of unbranched alkanes of at least 4 members (excludes halogenated alkanes) is 1. The fourth-order valence-electron chi connectivity index (χ4n) is 10.5. The molecule has 3 aliphatic carbocycles. The third kappa shape index (κ3) is 35.4. The molecule has 84 heavy (non-hydrogen) atoms. The number of aliphatic hydroxyl groups excluding tert-OH is 2. The lowest BCUT2D eigenvalue weighted by molar-refractivity contribution is -0.148. The molecule has 10 fully saturated rings. The fourth-order valence-corrected chi connectivity index (χ4v) is 26.1. The number of carbonyl (C=O) groups excluding carboxylic acids is 2. The molecular formula is C65H120O8S11. The van der Waals surface area contributed by atoms with Crippen LogP contribution in [0.15, 0.2) is 24.3 Å². The van der Waals surface area contributed by atoms with E-state index in [-0.39, 0.29) is 35.7 Å². The van der Waals surface area contributed by atoms with E-state index < -0.39 is 0 Å². The van der Waals surface area contributed by atoms with Gasteiger partial charge in [-0.15, -0.1) is 118 Å². The van der Waals surface area contributed by atoms with Crippen molar-refractivity contribution in [2.45, 2.75) is 262 Å². The van der Waals surface area contributed by atoms with Crippen LogP contribution in [0.1, 0.15) is 217 Å². The second-order valence-corrected chi connectivity index (χ2v) is 40.9. The van der Waals surface area contributed by atoms with Crippen LogP contribution in [0, 0.1) is 11.8 Å². The van der Waals surface area contributed by atoms with Gasteiger partial charge in [0.25, 0.3) is 0 Å². The second-order valence-electron chi connectivity index (χ2n) is 23.6. The van der Waals surface area contributed by atoms with Crippen molar-refractivity contribution < 1.29 is 38.7 Å². The second kappa shape index (κ2) is 47.9. The van der Waals surface area contributed by atoms with Crippen molar-refractivity contribution in [3.05, 3.63) is 24.3 Å². The van der Waals surface area contributed by atoms with Crippen LogP contribution >= 0.6 is 130 Å². The van der Waals surface area contributed by atoms with Gasteiger partial charge in [-0.1, -0.05) is 66.0 Å². The number of hydrogen-bond donors (Lipinski definition) is 3. The van der Waals surface area contributed by atoms with E-state index in [1.807, 2.05) is 23.5 Å². The van der Waals surface area contributed by atoms with E-state index >= 15 is 0 Å². The molecule has 0 aromatic heterocycles. The van der Waals surface area contributed by atoms with E-state index in [2.05, 4.69) is 161 Å². The molecule has 19 heteroatoms. The van der Waals surface area contributed by atoms with Gasteiger partial charge in [0.1, 0.15) is 6.10 Å². The average Bonchev–Trinajstić information content (AvgIpc) is 2.92. The van der Waals surface area contributed by atoms with Crippen LogP contribution in [0.5, 0.6) is 0 Å². The first-order valence-corrected chi connectivity index (χ1v) is 42.6. The molecule has 7 saturated heterocycles. The van der Waals surface area contributed by atoms with Gasteiger partial charge in [0.05, 0.1) is 41.2 Å². The van der Waals surface area contributed by atoms with Gasteiger partial charge in [0, 0.05) is 47.4 Å². The number of fused-ring (bicyclic) bond motifs is 1. The summed E-state index contributed by atoms with van der Waals surface area (Å²) < 4.78 is 22.9. The topological polar surface area (TPSA) is 115 Å². The predicted molar refractivity (Wildman–Crippen MR) is 395 cm³/mol. The van der Waals surface area contributed by atoms with Crippen LogP contribution in [0.4, 0.5) is 0 Å². The van der Waals surface area contributed by atoms with Crippen LogP contribution in [-0.2, 0) is 28.5 Å². The van der Waals surface area contributed by atoms with Gasteiger partial charge in [-0.3, -0.25) is 0 Å². The highest BCUT2D eigenvalue weighted by atomic mass is 32.2. The van der Waals surface area contributed by atoms with Crippen molar-refractivity contribution in [1.29, 1.82) is 0 Å². The molecule has 10 rings (SSSR count). The zero-order chi connectivity index (χ0) is 60.8. The molecule has 8 nitrogen and oxygen atoms in total. The minimum Gasteiger partial charge on any atom is -0.462 e. The van der Waals surface area contributed by atoms with Gasteiger partial charge in [-0.2, -0.15) is 12.6 Å². The Kier molecular flexibility index (Phi) is 46.9. The summed E-state index contributed by atoms with van der Waals surface area (Å²) >= 11 is 24.6. The smallest absolute Gasteiger partial charge is 0.333 e. The van der Waals surface area contributed by atoms with Gasteiger partial charge in [0.15, 0.2) is 0 Å². The number of thioether (sulfide) groups is 10. The van der Waals surface area contributed by atoms with Crippen molar-refractivity contribution in [1.82, 2.24) is 0 Å². The summed E-state index contributed by atoms with van der Waals surface area (Å²) in [5.74, 6) is 14.5. The standard InChI is InChI=1S/C15H24O2S2.C12H20O2S2.C11H20OS2.C8H16OS2.C6H10O.C5H10S2.C4H10S.C3H6O.CH4/c1-11(2)14(16)17-13-8-5-4-7-12(13)15(3)18-9-6-10-19-15;1-10(2)11(13)14-7-4-6-12(3)15-8-5-9-16-12;1-11(13-7-4-8-14-11)9-5-2-3-6-10(9)12;1-8(4-2-5-9)10-6-3-7-11-8;1-2-4-6-5(3-1)7-6;1-5-6-3-2-4-7-5;1-2-3-4-5;1-2-4-3-1;/h12-13H,1,4-10H2,2-3H3;1,4-9H2,2-3H3;9-10,12H,2-8H2,1H3;9H,2-7H2,1H3;5-6H,1-4H2;5H,2-4H2,1H3;5H,2-4H2,1H3;1-3H2;1H4. The lowest BCUT2D eigenvalue weighted by atomic mass is 9.84. The molecule has 0 radical (unpaired) electrons. The van der Waals surface area contributed by atoms with Crippen LogP contribution in [0.2, 0.25) is 0 Å². The van der Waals surface area contributed by atoms with Crippen molar-refractivity contribution in [3.63, 3.8) is 0 Å². The molecule has 0 spiro atoms. The zero-order valence-corrected chi connectivity index (χ0v) is 62.0. The van der Waals surface area contributed by atoms with Crippen LogP contribution in [0.3, 0.4) is 0 Å². The maximum Gasteiger partial charge on any atom is 0.333 e. The maximum atomic E-state index is 11.8. The molecule has 0 aromatic rings. The van der Waals surface area contributed by atoms with Crippen molar-refractivity contribution in [2.24, 2.45) is 11.8 Å². The van der Waals surface area contributed by atoms with Gasteiger partial charge < -0.3 is 29.2 Å². The lowest BCUT2D eigenvalue weighted by Gasteiger charge is -2.44. The molecule has 7 heterocycles. The van der Waals surface area contributed by atoms with Gasteiger partial charge >= 0.3 is 11.9 Å². The molecule has 494 valence electrons. The highest BCUT2D eigenvalue weighted by Gasteiger charge is 2.45. The van der Waals surface area contributed by atoms with E-state index in [0.29, 0.717) is 60.6 Å². The van der Waals surface area contributed by atoms with Gasteiger partial charge in [-0.05, 0) is 227 Å². The quantitative estimate of drug-likeness (QED) is 0.0503. The Morgan fingerprint density at radius 1 is 0.571 bits per heavy atom. The summed E-state index contributed by atoms with van der Waals surface area (Å²) in [6, 6.07) is 0. The SMILES string of the molecule is C.C1CCC2OC2C1.C1COC1.C=C(C)C(=O)OC1CCCCC1C1(C)SCCCS1.C=C(C)C(=O)OCCCC1(C)SCCCS1.CC1(C2CCCCC2O)SCCCS1.CC1(CCCO)SCCCS1.CC1SCCCS1.CCCCS. The van der Waals surface area contributed by atoms with Gasteiger partial charge in [-0.25, -0.2) is 9.59 Å². The number of thiol groups is 1. The highest BCUT2D eigenvalue weighted by Crippen LogP contribution is 2.53. The molecule has 6 atom stereocenters. The minimum atomic E-state index is -0.269. The first-order valence-electron chi connectivity index (χ1n) is 32.0. The lowest BCUT2D eigenvalue weighted by Crippen LogP contribution is -2.43. The summed E-state index contributed by atoms with van der Waals surface area (Å²) in [6.45, 7) is 27.3. The minimum absolute atomic E-state index is 0. The maximum absolute atomic E-state index is 11.8. The van der Waals surface area contributed by atoms with Crippen LogP contribution in [-0.4, -0.2) is 157 Å². The zero-order valence-electron chi connectivity index (χ0n) is 52.9. The third-order valence-corrected chi connectivity index (χ3v) is 32.5. The molecule has 6 unspecified atom stereocenters. The third-order valence-electron chi connectivity index (χ3n) is 15.9. The Balaban J connectivity index is 0.000000341. The van der Waals surface area contributed by atoms with E-state index in [9.17, 15) is 14.7 Å². The largest absolute Gasteiger partial charge is 0.462 e. The summed E-state index contributed by atoms with van der Waals surface area (Å²) in [7, 11) is 0. The monoisotopic (exact) mass is 1380 g/mol. The molecule has 0 bridgehead atoms. The number of carbonyl (C=O) groups is 2. The summed E-state index contributed by atoms with van der Waals surface area (Å²) in [4.78, 5) is 22.9. The normalized spacial score (nSPS) is 27.8. The Hall–Kier alpha value is 2.11. The Morgan fingerprint density at radius 3 is 1.36 bits per heavy atom. The number of rotatable bonds is 14. The Bertz CT molecular complexity index is 1700. The van der Waals surface area contributed by atoms with Crippen molar-refractivity contribution >= 4 is 142 Å². The number of aliphatic hydroxyl groups is 2. The average molecular weight is 1380 g/mol. The van der Waals surface area contributed by atoms with E-state index in [4.69, 9.17) is 24.1 Å². The Labute approximate surface area is 563 Å². The fraction of sp³-hybridized carbons (Fsp3) is 0.908. The number of hydrogen-bond acceptors (Lipinski definition) is 19. The van der Waals surface area contributed by atoms with Crippen molar-refractivity contribution in [2.75, 3.05) is 89.7 Å². The summed E-state index contributed by atoms with van der Waals surface area (Å²) in [6.07, 6.45) is 31.1. The van der Waals surface area contributed by atoms with E-state index in [0.717, 1.165) is 62.1 Å².